The number of nitrogens with one attached hydrogen (secondary N) is 3. The van der Waals surface area contributed by atoms with E-state index in [1.807, 2.05) is 18.2 Å². The molecule has 36 heavy (non-hydrogen) atoms. The topological polar surface area (TPSA) is 137 Å². The van der Waals surface area contributed by atoms with Crippen LogP contribution in [0.2, 0.25) is 5.02 Å². The number of hydrogen-bond acceptors (Lipinski definition) is 8. The first-order valence-corrected chi connectivity index (χ1v) is 13.4. The van der Waals surface area contributed by atoms with E-state index in [4.69, 9.17) is 11.6 Å². The lowest BCUT2D eigenvalue weighted by Crippen LogP contribution is -2.30. The number of halogens is 1. The van der Waals surface area contributed by atoms with Crippen LogP contribution in [0.4, 0.5) is 28.8 Å². The minimum Gasteiger partial charge on any atom is -0.392 e. The molecule has 0 spiro atoms. The summed E-state index contributed by atoms with van der Waals surface area (Å²) in [7, 11) is -3.84. The van der Waals surface area contributed by atoms with Crippen LogP contribution < -0.4 is 16.0 Å². The molecule has 1 amide bonds. The van der Waals surface area contributed by atoms with Gasteiger partial charge in [0.1, 0.15) is 9.92 Å². The maximum atomic E-state index is 13.2. The highest BCUT2D eigenvalue weighted by Crippen LogP contribution is 2.32. The first kappa shape index (κ1) is 24.4. The number of fused-ring (bicyclic) bond motifs is 1. The number of nitrogens with zero attached hydrogens (tertiary/aromatic N) is 3. The highest BCUT2D eigenvalue weighted by atomic mass is 35.5. The molecule has 2 aliphatic rings. The van der Waals surface area contributed by atoms with E-state index in [-0.39, 0.29) is 40.7 Å². The molecule has 2 aliphatic heterocycles. The summed E-state index contributed by atoms with van der Waals surface area (Å²) < 4.78 is 27.7. The second-order valence-electron chi connectivity index (χ2n) is 8.72. The van der Waals surface area contributed by atoms with Crippen molar-refractivity contribution >= 4 is 56.4 Å². The lowest BCUT2D eigenvalue weighted by atomic mass is 10.1. The van der Waals surface area contributed by atoms with Crippen molar-refractivity contribution < 1.29 is 18.3 Å². The van der Waals surface area contributed by atoms with E-state index in [9.17, 15) is 18.3 Å². The number of aliphatic hydroxyl groups excluding tert-OH is 1. The summed E-state index contributed by atoms with van der Waals surface area (Å²) in [5.74, 6) is 0.448. The van der Waals surface area contributed by atoms with E-state index in [1.165, 1.54) is 16.6 Å². The fourth-order valence-corrected chi connectivity index (χ4v) is 6.05. The van der Waals surface area contributed by atoms with Gasteiger partial charge in [-0.2, -0.15) is 9.29 Å². The molecule has 0 saturated carbocycles. The molecule has 4 N–H and O–H groups in total. The number of sulfonamides is 1. The number of rotatable bonds is 6. The van der Waals surface area contributed by atoms with Crippen molar-refractivity contribution in [1.82, 2.24) is 14.3 Å². The molecule has 0 radical (unpaired) electrons. The maximum absolute atomic E-state index is 13.2. The molecule has 1 unspecified atom stereocenters. The van der Waals surface area contributed by atoms with Crippen molar-refractivity contribution in [2.24, 2.45) is 0 Å². The van der Waals surface area contributed by atoms with Crippen LogP contribution in [0.15, 0.2) is 53.6 Å². The number of para-hydroxylation sites is 1. The van der Waals surface area contributed by atoms with Gasteiger partial charge in [-0.1, -0.05) is 29.8 Å². The molecular formula is C24H25ClN6O4S. The largest absolute Gasteiger partial charge is 0.392 e. The van der Waals surface area contributed by atoms with Gasteiger partial charge in [0, 0.05) is 30.9 Å². The molecule has 0 bridgehead atoms. The lowest BCUT2D eigenvalue weighted by molar-refractivity contribution is -0.116. The molecular weight excluding hydrogens is 504 g/mol. The maximum Gasteiger partial charge on any atom is 0.245 e. The van der Waals surface area contributed by atoms with Crippen molar-refractivity contribution in [1.29, 1.82) is 0 Å². The van der Waals surface area contributed by atoms with Gasteiger partial charge in [0.2, 0.25) is 21.9 Å². The van der Waals surface area contributed by atoms with Gasteiger partial charge in [-0.05, 0) is 49.1 Å². The minimum atomic E-state index is -3.84. The summed E-state index contributed by atoms with van der Waals surface area (Å²) >= 11 is 6.34. The molecule has 0 aliphatic carbocycles. The number of hydrogen-bond donors (Lipinski definition) is 4. The third-order valence-corrected chi connectivity index (χ3v) is 8.32. The molecule has 10 nitrogen and oxygen atoms in total. The van der Waals surface area contributed by atoms with Crippen molar-refractivity contribution in [2.75, 3.05) is 29.0 Å². The van der Waals surface area contributed by atoms with Gasteiger partial charge in [0.25, 0.3) is 0 Å². The number of anilines is 5. The standard InChI is InChI=1S/C24H25ClN6O4S/c25-18-13-26-24(27-16-9-8-15-4-3-7-22(33)28-20(15)12-16)30-23(18)29-19-5-1-2-6-21(19)36(34,35)31-11-10-17(32)14-31/h1-2,5-6,8-9,12-13,17,32H,3-4,7,10-11,14H2,(H,28,33)(H2,26,27,29,30). The van der Waals surface area contributed by atoms with Crippen LogP contribution in [-0.4, -0.2) is 52.9 Å². The second kappa shape index (κ2) is 10.0. The summed E-state index contributed by atoms with van der Waals surface area (Å²) in [6.07, 6.45) is 3.25. The van der Waals surface area contributed by atoms with Crippen LogP contribution in [0, 0.1) is 0 Å². The number of aromatic nitrogens is 2. The highest BCUT2D eigenvalue weighted by molar-refractivity contribution is 7.89. The van der Waals surface area contributed by atoms with Gasteiger partial charge in [-0.3, -0.25) is 4.79 Å². The van der Waals surface area contributed by atoms with Gasteiger partial charge >= 0.3 is 0 Å². The first-order valence-electron chi connectivity index (χ1n) is 11.6. The van der Waals surface area contributed by atoms with Crippen molar-refractivity contribution in [3.05, 3.63) is 59.2 Å². The van der Waals surface area contributed by atoms with Crippen molar-refractivity contribution in [2.45, 2.75) is 36.7 Å². The second-order valence-corrected chi connectivity index (χ2v) is 11.0. The summed E-state index contributed by atoms with van der Waals surface area (Å²) in [4.78, 5) is 20.7. The Bertz CT molecular complexity index is 1420. The SMILES string of the molecule is O=C1CCCc2ccc(Nc3ncc(Cl)c(Nc4ccccc4S(=O)(=O)N4CCC(O)C4)n3)cc2N1. The Morgan fingerprint density at radius 1 is 1.14 bits per heavy atom. The number of carbonyl (C=O) groups is 1. The van der Waals surface area contributed by atoms with Gasteiger partial charge in [0.05, 0.1) is 18.0 Å². The van der Waals surface area contributed by atoms with Crippen LogP contribution in [-0.2, 0) is 21.2 Å². The third kappa shape index (κ3) is 5.14. The number of benzene rings is 2. The van der Waals surface area contributed by atoms with E-state index >= 15 is 0 Å². The van der Waals surface area contributed by atoms with Crippen LogP contribution >= 0.6 is 11.6 Å². The average molecular weight is 529 g/mol. The van der Waals surface area contributed by atoms with Gasteiger partial charge in [0.15, 0.2) is 5.82 Å². The van der Waals surface area contributed by atoms with Crippen LogP contribution in [0.1, 0.15) is 24.8 Å². The monoisotopic (exact) mass is 528 g/mol. The number of amides is 1. The number of aliphatic hydroxyl groups is 1. The Hall–Kier alpha value is -3.25. The van der Waals surface area contributed by atoms with Gasteiger partial charge < -0.3 is 21.1 Å². The van der Waals surface area contributed by atoms with E-state index < -0.39 is 16.1 Å². The quantitative estimate of drug-likeness (QED) is 0.380. The zero-order valence-electron chi connectivity index (χ0n) is 19.2. The Morgan fingerprint density at radius 2 is 1.97 bits per heavy atom. The molecule has 5 rings (SSSR count). The van der Waals surface area contributed by atoms with E-state index in [1.54, 1.807) is 18.2 Å². The van der Waals surface area contributed by atoms with Crippen LogP contribution in [0.5, 0.6) is 0 Å². The van der Waals surface area contributed by atoms with E-state index in [0.717, 1.165) is 24.1 Å². The fraction of sp³-hybridized carbons (Fsp3) is 0.292. The average Bonchev–Trinajstić information content (AvgIpc) is 3.21. The van der Waals surface area contributed by atoms with Crippen molar-refractivity contribution in [3.63, 3.8) is 0 Å². The Balaban J connectivity index is 1.40. The lowest BCUT2D eigenvalue weighted by Gasteiger charge is -2.19. The third-order valence-electron chi connectivity index (χ3n) is 6.12. The predicted molar refractivity (Wildman–Crippen MR) is 137 cm³/mol. The first-order chi connectivity index (χ1) is 17.3. The van der Waals surface area contributed by atoms with Crippen molar-refractivity contribution in [3.8, 4) is 0 Å². The molecule has 12 heteroatoms. The zero-order chi connectivity index (χ0) is 25.3. The molecule has 3 aromatic rings. The van der Waals surface area contributed by atoms with Gasteiger partial charge in [-0.25, -0.2) is 13.4 Å². The molecule has 1 saturated heterocycles. The normalized spacial score (nSPS) is 18.3. The fourth-order valence-electron chi connectivity index (χ4n) is 4.28. The number of carbonyl (C=O) groups excluding carboxylic acids is 1. The van der Waals surface area contributed by atoms with Gasteiger partial charge in [-0.15, -0.1) is 0 Å². The number of β-amino-alcohol motifs (C(OH)–C–C–N with tert-alkyl or cyclic N) is 1. The van der Waals surface area contributed by atoms with Crippen LogP contribution in [0.25, 0.3) is 0 Å². The Labute approximate surface area is 213 Å². The molecule has 1 atom stereocenters. The molecule has 1 fully saturated rings. The Morgan fingerprint density at radius 3 is 2.78 bits per heavy atom. The van der Waals surface area contributed by atoms with Crippen LogP contribution in [0.3, 0.4) is 0 Å². The minimum absolute atomic E-state index is 0.0165. The summed E-state index contributed by atoms with van der Waals surface area (Å²) in [5.41, 5.74) is 2.80. The smallest absolute Gasteiger partial charge is 0.245 e. The Kier molecular flexibility index (Phi) is 6.80. The molecule has 3 heterocycles. The summed E-state index contributed by atoms with van der Waals surface area (Å²) in [6.45, 7) is 0.307. The zero-order valence-corrected chi connectivity index (χ0v) is 20.8. The van der Waals surface area contributed by atoms with E-state index in [2.05, 4.69) is 25.9 Å². The molecule has 1 aromatic heterocycles. The molecule has 188 valence electrons. The predicted octanol–water partition coefficient (Wildman–Crippen LogP) is 3.65. The molecule has 2 aromatic carbocycles. The summed E-state index contributed by atoms with van der Waals surface area (Å²) in [6, 6.07) is 12.1. The highest BCUT2D eigenvalue weighted by Gasteiger charge is 2.33. The van der Waals surface area contributed by atoms with E-state index in [0.29, 0.717) is 24.2 Å². The summed E-state index contributed by atoms with van der Waals surface area (Å²) in [5, 5.41) is 19.1. The number of aryl methyl sites for hydroxylation is 1.